The summed E-state index contributed by atoms with van der Waals surface area (Å²) in [6.07, 6.45) is 75.0. The molecule has 0 bridgehead atoms. The van der Waals surface area contributed by atoms with Crippen molar-refractivity contribution in [3.63, 3.8) is 0 Å². The molecule has 0 aromatic rings. The number of hydrogen-bond donors (Lipinski definition) is 3. The first kappa shape index (κ1) is 99.0. The zero-order valence-electron chi connectivity index (χ0n) is 65.6. The standard InChI is InChI=1S/C83H154O17P2/c1-5-9-13-17-21-25-29-33-37-38-42-46-50-54-58-62-66-70-83(88)100-79(74-94-81(86)68-64-60-56-52-48-44-40-35-31-27-23-19-15-11-7-3)76-98-102(91,92)96-72-77(84)71-95-101(89,90)97-75-78(99-82(87)69-65-61-57-53-49-45-41-36-32-28-24-20-16-12-8-4)73-93-80(85)67-63-59-55-51-47-43-39-34-30-26-22-18-14-10-6-2/h24,28,34-36,39-41,77-79,84H,5-23,25-27,29-33,37-38,42-76H2,1-4H3,(H,89,90)(H,91,92)/b28-24-,39-34-,40-35-,41-36-/t77-,78+,79+/m0/s1. The topological polar surface area (TPSA) is 237 Å². The number of aliphatic hydroxyl groups excluding tert-OH is 1. The minimum absolute atomic E-state index is 0.0823. The number of allylic oxidation sites excluding steroid dienone is 8. The van der Waals surface area contributed by atoms with Crippen LogP contribution < -0.4 is 0 Å². The number of phosphoric acid groups is 2. The molecule has 2 unspecified atom stereocenters. The highest BCUT2D eigenvalue weighted by atomic mass is 31.2. The van der Waals surface area contributed by atoms with Gasteiger partial charge in [0.1, 0.15) is 19.3 Å². The Bertz CT molecular complexity index is 2120. The second kappa shape index (κ2) is 76.2. The molecule has 0 radical (unpaired) electrons. The van der Waals surface area contributed by atoms with Gasteiger partial charge in [0.25, 0.3) is 0 Å². The van der Waals surface area contributed by atoms with Crippen LogP contribution in [0.4, 0.5) is 0 Å². The Balaban J connectivity index is 5.34. The average Bonchev–Trinajstić information content (AvgIpc) is 1.10. The van der Waals surface area contributed by atoms with Crippen molar-refractivity contribution in [3.8, 4) is 0 Å². The highest BCUT2D eigenvalue weighted by molar-refractivity contribution is 7.47. The van der Waals surface area contributed by atoms with Crippen LogP contribution in [-0.2, 0) is 65.4 Å². The lowest BCUT2D eigenvalue weighted by molar-refractivity contribution is -0.161. The lowest BCUT2D eigenvalue weighted by Gasteiger charge is -2.21. The van der Waals surface area contributed by atoms with Gasteiger partial charge in [0.2, 0.25) is 0 Å². The number of esters is 4. The first-order valence-corrected chi connectivity index (χ1v) is 44.9. The van der Waals surface area contributed by atoms with E-state index in [4.69, 9.17) is 37.0 Å². The molecule has 0 aliphatic heterocycles. The van der Waals surface area contributed by atoms with Gasteiger partial charge in [-0.25, -0.2) is 9.13 Å². The fourth-order valence-electron chi connectivity index (χ4n) is 11.8. The summed E-state index contributed by atoms with van der Waals surface area (Å²) in [6.45, 7) is 4.91. The minimum atomic E-state index is -4.98. The van der Waals surface area contributed by atoms with E-state index in [-0.39, 0.29) is 25.7 Å². The second-order valence-corrected chi connectivity index (χ2v) is 31.3. The van der Waals surface area contributed by atoms with Crippen molar-refractivity contribution in [2.45, 2.75) is 418 Å². The third kappa shape index (κ3) is 75.3. The Kier molecular flexibility index (Phi) is 74.0. The molecular formula is C83H154O17P2. The molecule has 0 rings (SSSR count). The molecule has 0 aromatic carbocycles. The van der Waals surface area contributed by atoms with Gasteiger partial charge in [-0.15, -0.1) is 0 Å². The molecule has 0 saturated heterocycles. The van der Waals surface area contributed by atoms with Gasteiger partial charge >= 0.3 is 39.5 Å². The van der Waals surface area contributed by atoms with Gasteiger partial charge in [0.15, 0.2) is 12.2 Å². The number of hydrogen-bond acceptors (Lipinski definition) is 15. The van der Waals surface area contributed by atoms with Crippen LogP contribution in [0.3, 0.4) is 0 Å². The van der Waals surface area contributed by atoms with Crippen molar-refractivity contribution in [2.75, 3.05) is 39.6 Å². The summed E-state index contributed by atoms with van der Waals surface area (Å²) in [5.41, 5.74) is 0. The summed E-state index contributed by atoms with van der Waals surface area (Å²) in [4.78, 5) is 73.1. The maximum absolute atomic E-state index is 13.1. The van der Waals surface area contributed by atoms with Gasteiger partial charge in [-0.1, -0.05) is 314 Å². The van der Waals surface area contributed by atoms with Crippen molar-refractivity contribution in [1.29, 1.82) is 0 Å². The molecule has 0 fully saturated rings. The van der Waals surface area contributed by atoms with E-state index < -0.39 is 97.5 Å². The lowest BCUT2D eigenvalue weighted by Crippen LogP contribution is -2.30. The summed E-state index contributed by atoms with van der Waals surface area (Å²) in [5.74, 6) is -2.17. The normalized spacial score (nSPS) is 14.1. The molecule has 0 spiro atoms. The lowest BCUT2D eigenvalue weighted by atomic mass is 10.0. The quantitative estimate of drug-likeness (QED) is 0.0169. The Morgan fingerprint density at radius 3 is 0.755 bits per heavy atom. The van der Waals surface area contributed by atoms with Crippen LogP contribution in [0.15, 0.2) is 48.6 Å². The summed E-state index contributed by atoms with van der Waals surface area (Å²) < 4.78 is 68.7. The summed E-state index contributed by atoms with van der Waals surface area (Å²) in [7, 11) is -9.95. The molecule has 5 atom stereocenters. The number of rotatable bonds is 80. The molecule has 3 N–H and O–H groups in total. The largest absolute Gasteiger partial charge is 0.472 e. The molecule has 0 aromatic heterocycles. The monoisotopic (exact) mass is 1490 g/mol. The van der Waals surface area contributed by atoms with E-state index in [0.717, 1.165) is 148 Å². The number of phosphoric ester groups is 2. The number of carbonyl (C=O) groups excluding carboxylic acids is 4. The van der Waals surface area contributed by atoms with Gasteiger partial charge in [-0.2, -0.15) is 0 Å². The Labute approximate surface area is 623 Å². The zero-order chi connectivity index (χ0) is 74.6. The van der Waals surface area contributed by atoms with Crippen molar-refractivity contribution in [3.05, 3.63) is 48.6 Å². The predicted octanol–water partition coefficient (Wildman–Crippen LogP) is 24.5. The van der Waals surface area contributed by atoms with E-state index in [1.54, 1.807) is 0 Å². The van der Waals surface area contributed by atoms with Gasteiger partial charge in [-0.05, 0) is 109 Å². The zero-order valence-corrected chi connectivity index (χ0v) is 67.3. The summed E-state index contributed by atoms with van der Waals surface area (Å²) in [5, 5.41) is 10.7. The summed E-state index contributed by atoms with van der Waals surface area (Å²) >= 11 is 0. The summed E-state index contributed by atoms with van der Waals surface area (Å²) in [6, 6.07) is 0. The van der Waals surface area contributed by atoms with E-state index in [9.17, 15) is 43.2 Å². The van der Waals surface area contributed by atoms with E-state index >= 15 is 0 Å². The molecule has 19 heteroatoms. The molecule has 17 nitrogen and oxygen atoms in total. The molecule has 0 saturated carbocycles. The smallest absolute Gasteiger partial charge is 0.462 e. The Hall–Kier alpha value is -2.98. The third-order valence-corrected chi connectivity index (χ3v) is 20.2. The number of aliphatic hydroxyl groups is 1. The van der Waals surface area contributed by atoms with E-state index in [1.165, 1.54) is 173 Å². The third-order valence-electron chi connectivity index (χ3n) is 18.3. The highest BCUT2D eigenvalue weighted by Crippen LogP contribution is 2.45. The Morgan fingerprint density at radius 1 is 0.275 bits per heavy atom. The average molecular weight is 1490 g/mol. The van der Waals surface area contributed by atoms with Crippen LogP contribution in [0.2, 0.25) is 0 Å². The van der Waals surface area contributed by atoms with Crippen LogP contribution in [-0.4, -0.2) is 96.7 Å². The minimum Gasteiger partial charge on any atom is -0.462 e. The van der Waals surface area contributed by atoms with Crippen molar-refractivity contribution in [1.82, 2.24) is 0 Å². The molecule has 0 aliphatic rings. The fraction of sp³-hybridized carbons (Fsp3) is 0.855. The predicted molar refractivity (Wildman–Crippen MR) is 418 cm³/mol. The molecule has 0 aliphatic carbocycles. The molecule has 598 valence electrons. The number of carbonyl (C=O) groups is 4. The second-order valence-electron chi connectivity index (χ2n) is 28.4. The van der Waals surface area contributed by atoms with Crippen LogP contribution in [0.25, 0.3) is 0 Å². The van der Waals surface area contributed by atoms with Crippen LogP contribution in [0.1, 0.15) is 400 Å². The number of ether oxygens (including phenoxy) is 4. The van der Waals surface area contributed by atoms with Gasteiger partial charge < -0.3 is 33.8 Å². The van der Waals surface area contributed by atoms with Crippen LogP contribution in [0.5, 0.6) is 0 Å². The Morgan fingerprint density at radius 2 is 0.480 bits per heavy atom. The van der Waals surface area contributed by atoms with Crippen molar-refractivity contribution in [2.24, 2.45) is 0 Å². The first-order valence-electron chi connectivity index (χ1n) is 41.9. The van der Waals surface area contributed by atoms with E-state index in [0.29, 0.717) is 25.7 Å². The molecular weight excluding hydrogens is 1330 g/mol. The van der Waals surface area contributed by atoms with Gasteiger partial charge in [0, 0.05) is 25.7 Å². The van der Waals surface area contributed by atoms with E-state index in [2.05, 4.69) is 76.3 Å². The maximum Gasteiger partial charge on any atom is 0.472 e. The highest BCUT2D eigenvalue weighted by Gasteiger charge is 2.30. The molecule has 0 heterocycles. The molecule has 0 amide bonds. The fourth-order valence-corrected chi connectivity index (χ4v) is 13.4. The van der Waals surface area contributed by atoms with Crippen molar-refractivity contribution < 1.29 is 80.2 Å². The van der Waals surface area contributed by atoms with Gasteiger partial charge in [-0.3, -0.25) is 37.3 Å². The SMILES string of the molecule is CCCCC/C=C\C/C=C\CCCCCCCC(=O)O[C@H](COC(=O)CCCCCCC/C=C\CCCCCCCC)COP(=O)(O)OC[C@H](O)COP(=O)(O)OC[C@@H](COC(=O)CCCCCCC/C=C\CCCCCCCC)OC(=O)CCCCCCCCCCCCCCCCCCC. The van der Waals surface area contributed by atoms with Gasteiger partial charge in [0.05, 0.1) is 26.4 Å². The number of unbranched alkanes of at least 4 members (excludes halogenated alkanes) is 46. The van der Waals surface area contributed by atoms with Crippen LogP contribution >= 0.6 is 15.6 Å². The maximum atomic E-state index is 13.1. The van der Waals surface area contributed by atoms with Crippen molar-refractivity contribution >= 4 is 39.5 Å². The first-order chi connectivity index (χ1) is 49.7. The van der Waals surface area contributed by atoms with Crippen LogP contribution in [0, 0.1) is 0 Å². The van der Waals surface area contributed by atoms with E-state index in [1.807, 2.05) is 0 Å². The molecule has 102 heavy (non-hydrogen) atoms.